The Kier molecular flexibility index (Phi) is 4.66. The molecular weight excluding hydrogens is 354 g/mol. The van der Waals surface area contributed by atoms with Crippen molar-refractivity contribution in [2.75, 3.05) is 31.1 Å². The topological polar surface area (TPSA) is 66.6 Å². The zero-order valence-electron chi connectivity index (χ0n) is 14.6. The number of hydrogen-bond acceptors (Lipinski definition) is 5. The summed E-state index contributed by atoms with van der Waals surface area (Å²) >= 11 is 0. The number of rotatable bonds is 4. The Bertz CT molecular complexity index is 967. The van der Waals surface area contributed by atoms with Gasteiger partial charge in [0.2, 0.25) is 5.91 Å². The molecule has 2 aromatic heterocycles. The highest BCUT2D eigenvalue weighted by Crippen LogP contribution is 2.16. The maximum Gasteiger partial charge on any atom is 0.227 e. The first-order chi connectivity index (χ1) is 13.1. The summed E-state index contributed by atoms with van der Waals surface area (Å²) in [6, 6.07) is 7.90. The number of piperazine rings is 1. The fourth-order valence-electron chi connectivity index (χ4n) is 3.20. The molecule has 1 saturated heterocycles. The largest absolute Gasteiger partial charge is 0.352 e. The smallest absolute Gasteiger partial charge is 0.227 e. The third-order valence-electron chi connectivity index (χ3n) is 4.71. The maximum atomic E-state index is 13.4. The third-order valence-corrected chi connectivity index (χ3v) is 4.71. The lowest BCUT2D eigenvalue weighted by Crippen LogP contribution is -2.49. The predicted molar refractivity (Wildman–Crippen MR) is 94.5 cm³/mol. The minimum absolute atomic E-state index is 0.0134. The number of benzene rings is 1. The van der Waals surface area contributed by atoms with Crippen LogP contribution in [0.3, 0.4) is 0 Å². The van der Waals surface area contributed by atoms with Gasteiger partial charge in [-0.15, -0.1) is 15.3 Å². The van der Waals surface area contributed by atoms with Gasteiger partial charge in [0, 0.05) is 31.7 Å². The van der Waals surface area contributed by atoms with Crippen LogP contribution in [-0.4, -0.2) is 56.8 Å². The minimum atomic E-state index is -0.879. The number of fused-ring (bicyclic) bond motifs is 1. The van der Waals surface area contributed by atoms with Crippen molar-refractivity contribution in [3.05, 3.63) is 53.6 Å². The van der Waals surface area contributed by atoms with Crippen LogP contribution in [0.25, 0.3) is 5.65 Å². The van der Waals surface area contributed by atoms with Gasteiger partial charge in [-0.2, -0.15) is 4.52 Å². The molecule has 1 aliphatic rings. The van der Waals surface area contributed by atoms with Crippen molar-refractivity contribution in [1.29, 1.82) is 0 Å². The molecule has 3 aromatic rings. The molecule has 0 radical (unpaired) electrons. The molecule has 0 bridgehead atoms. The van der Waals surface area contributed by atoms with Gasteiger partial charge in [0.05, 0.1) is 6.42 Å². The van der Waals surface area contributed by atoms with E-state index in [0.717, 1.165) is 5.82 Å². The van der Waals surface area contributed by atoms with E-state index < -0.39 is 12.5 Å². The number of anilines is 1. The van der Waals surface area contributed by atoms with Crippen molar-refractivity contribution in [2.24, 2.45) is 0 Å². The van der Waals surface area contributed by atoms with Crippen molar-refractivity contribution in [3.8, 4) is 0 Å². The zero-order valence-corrected chi connectivity index (χ0v) is 14.6. The Morgan fingerprint density at radius 1 is 1.11 bits per heavy atom. The normalized spacial score (nSPS) is 14.7. The molecule has 0 atom stereocenters. The van der Waals surface area contributed by atoms with Crippen molar-refractivity contribution >= 4 is 17.4 Å². The molecule has 1 amide bonds. The molecule has 140 valence electrons. The third kappa shape index (κ3) is 3.57. The molecule has 1 aliphatic heterocycles. The lowest BCUT2D eigenvalue weighted by Gasteiger charge is -2.35. The Balaban J connectivity index is 1.37. The van der Waals surface area contributed by atoms with Crippen molar-refractivity contribution in [2.45, 2.75) is 13.1 Å². The Labute approximate surface area is 154 Å². The maximum absolute atomic E-state index is 13.4. The quantitative estimate of drug-likeness (QED) is 0.696. The number of alkyl halides is 1. The zero-order chi connectivity index (χ0) is 18.8. The van der Waals surface area contributed by atoms with Gasteiger partial charge in [0.25, 0.3) is 0 Å². The van der Waals surface area contributed by atoms with E-state index in [2.05, 4.69) is 20.2 Å². The summed E-state index contributed by atoms with van der Waals surface area (Å²) in [4.78, 5) is 16.4. The summed E-state index contributed by atoms with van der Waals surface area (Å²) in [5, 5.41) is 12.2. The average Bonchev–Trinajstić information content (AvgIpc) is 3.17. The van der Waals surface area contributed by atoms with E-state index in [1.807, 2.05) is 12.1 Å². The lowest BCUT2D eigenvalue weighted by molar-refractivity contribution is -0.130. The van der Waals surface area contributed by atoms with Gasteiger partial charge in [-0.25, -0.2) is 8.78 Å². The van der Waals surface area contributed by atoms with Crippen LogP contribution < -0.4 is 4.90 Å². The fraction of sp³-hybridized carbons (Fsp3) is 0.333. The highest BCUT2D eigenvalue weighted by molar-refractivity contribution is 5.79. The molecule has 9 heteroatoms. The molecule has 0 N–H and O–H groups in total. The molecule has 0 saturated carbocycles. The molecule has 3 heterocycles. The molecule has 0 unspecified atom stereocenters. The molecule has 4 rings (SSSR count). The molecule has 7 nitrogen and oxygen atoms in total. The van der Waals surface area contributed by atoms with Gasteiger partial charge in [-0.3, -0.25) is 4.79 Å². The monoisotopic (exact) mass is 372 g/mol. The molecule has 0 aliphatic carbocycles. The molecule has 0 spiro atoms. The van der Waals surface area contributed by atoms with E-state index in [0.29, 0.717) is 37.4 Å². The average molecular weight is 372 g/mol. The summed E-state index contributed by atoms with van der Waals surface area (Å²) in [5.41, 5.74) is 1.29. The highest BCUT2D eigenvalue weighted by atomic mass is 19.1. The van der Waals surface area contributed by atoms with Crippen LogP contribution in [0.15, 0.2) is 36.7 Å². The molecular formula is C18H18F2N6O. The molecule has 1 fully saturated rings. The highest BCUT2D eigenvalue weighted by Gasteiger charge is 2.22. The van der Waals surface area contributed by atoms with Gasteiger partial charge in [-0.05, 0) is 29.8 Å². The van der Waals surface area contributed by atoms with Gasteiger partial charge in [0.15, 0.2) is 5.65 Å². The Morgan fingerprint density at radius 3 is 2.70 bits per heavy atom. The van der Waals surface area contributed by atoms with Crippen LogP contribution in [0.2, 0.25) is 0 Å². The van der Waals surface area contributed by atoms with Crippen LogP contribution >= 0.6 is 0 Å². The first-order valence-corrected chi connectivity index (χ1v) is 8.67. The van der Waals surface area contributed by atoms with Crippen molar-refractivity contribution in [1.82, 2.24) is 24.7 Å². The number of nitrogens with zero attached hydrogens (tertiary/aromatic N) is 6. The number of carbonyl (C=O) groups is 1. The standard InChI is InChI=1S/C18H18F2N6O/c19-11-14-9-13(1-2-15(14)20)10-18(27)25-7-5-24(6-8-25)17-4-3-16-22-21-12-26(16)23-17/h1-4,9,12H,5-8,10-11H2. The van der Waals surface area contributed by atoms with Crippen LogP contribution in [0.4, 0.5) is 14.6 Å². The Morgan fingerprint density at radius 2 is 1.93 bits per heavy atom. The minimum Gasteiger partial charge on any atom is -0.352 e. The van der Waals surface area contributed by atoms with Crippen LogP contribution in [0.5, 0.6) is 0 Å². The van der Waals surface area contributed by atoms with E-state index in [4.69, 9.17) is 0 Å². The number of hydrogen-bond donors (Lipinski definition) is 0. The summed E-state index contributed by atoms with van der Waals surface area (Å²) < 4.78 is 27.8. The summed E-state index contributed by atoms with van der Waals surface area (Å²) in [6.07, 6.45) is 1.69. The lowest BCUT2D eigenvalue weighted by atomic mass is 10.1. The van der Waals surface area contributed by atoms with Gasteiger partial charge < -0.3 is 9.80 Å². The Hall–Kier alpha value is -3.10. The predicted octanol–water partition coefficient (Wildman–Crippen LogP) is 1.62. The van der Waals surface area contributed by atoms with Gasteiger partial charge in [-0.1, -0.05) is 6.07 Å². The number of aromatic nitrogens is 4. The van der Waals surface area contributed by atoms with Gasteiger partial charge in [0.1, 0.15) is 24.6 Å². The second-order valence-electron chi connectivity index (χ2n) is 6.43. The second-order valence-corrected chi connectivity index (χ2v) is 6.43. The fourth-order valence-corrected chi connectivity index (χ4v) is 3.20. The first-order valence-electron chi connectivity index (χ1n) is 8.67. The number of amides is 1. The van der Waals surface area contributed by atoms with Crippen LogP contribution in [-0.2, 0) is 17.9 Å². The van der Waals surface area contributed by atoms with E-state index in [9.17, 15) is 13.6 Å². The number of carbonyl (C=O) groups excluding carboxylic acids is 1. The summed E-state index contributed by atoms with van der Waals surface area (Å²) in [6.45, 7) is 1.57. The van der Waals surface area contributed by atoms with Crippen molar-refractivity contribution < 1.29 is 13.6 Å². The molecule has 1 aromatic carbocycles. The van der Waals surface area contributed by atoms with Crippen molar-refractivity contribution in [3.63, 3.8) is 0 Å². The van der Waals surface area contributed by atoms with Crippen LogP contribution in [0, 0.1) is 5.82 Å². The summed E-state index contributed by atoms with van der Waals surface area (Å²) in [7, 11) is 0. The van der Waals surface area contributed by atoms with E-state index in [1.165, 1.54) is 18.2 Å². The van der Waals surface area contributed by atoms with E-state index >= 15 is 0 Å². The SMILES string of the molecule is O=C(Cc1ccc(F)c(CF)c1)N1CCN(c2ccc3nncn3n2)CC1. The second kappa shape index (κ2) is 7.26. The first kappa shape index (κ1) is 17.3. The summed E-state index contributed by atoms with van der Waals surface area (Å²) in [5.74, 6) is 0.175. The van der Waals surface area contributed by atoms with Gasteiger partial charge >= 0.3 is 0 Å². The van der Waals surface area contributed by atoms with E-state index in [-0.39, 0.29) is 17.9 Å². The molecule has 27 heavy (non-hydrogen) atoms. The van der Waals surface area contributed by atoms with E-state index in [1.54, 1.807) is 15.7 Å². The van der Waals surface area contributed by atoms with Crippen LogP contribution in [0.1, 0.15) is 11.1 Å². The number of halogens is 2.